The number of hydrogen-bond donors (Lipinski definition) is 0. The minimum absolute atomic E-state index is 1.28. The Morgan fingerprint density at radius 3 is 0.980 bits per heavy atom. The lowest BCUT2D eigenvalue weighted by atomic mass is 9.89. The molecule has 51 heavy (non-hydrogen) atoms. The summed E-state index contributed by atoms with van der Waals surface area (Å²) in [5.74, 6) is 0. The van der Waals surface area contributed by atoms with Crippen molar-refractivity contribution in [3.63, 3.8) is 0 Å². The SMILES string of the molecule is CCCCCCCCCCCCCCCCCCCCc1cc2ccccc2c(C)c1CCCCCCCCCCCCCCCCCCCC. The number of hydrogen-bond acceptors (Lipinski definition) is 0. The molecule has 0 heterocycles. The molecular weight excluding hydrogens is 613 g/mol. The summed E-state index contributed by atoms with van der Waals surface area (Å²) in [5.41, 5.74) is 4.92. The van der Waals surface area contributed by atoms with Crippen LogP contribution in [0.15, 0.2) is 30.3 Å². The van der Waals surface area contributed by atoms with Crippen molar-refractivity contribution in [1.82, 2.24) is 0 Å². The zero-order valence-electron chi connectivity index (χ0n) is 35.3. The first-order chi connectivity index (χ1) is 25.3. The summed E-state index contributed by atoms with van der Waals surface area (Å²) in [4.78, 5) is 0. The van der Waals surface area contributed by atoms with E-state index in [-0.39, 0.29) is 0 Å². The molecule has 0 amide bonds. The highest BCUT2D eigenvalue weighted by atomic mass is 14.2. The predicted octanol–water partition coefficient (Wildman–Crippen LogP) is 18.3. The summed E-state index contributed by atoms with van der Waals surface area (Å²) in [6.07, 6.45) is 54.8. The molecule has 0 N–H and O–H groups in total. The predicted molar refractivity (Wildman–Crippen MR) is 234 cm³/mol. The third-order valence-corrected chi connectivity index (χ3v) is 12.1. The monoisotopic (exact) mass is 703 g/mol. The van der Waals surface area contributed by atoms with Crippen molar-refractivity contribution < 1.29 is 0 Å². The standard InChI is InChI=1S/C51H90/c1-4-6-8-10-12-14-16-18-20-22-24-26-28-30-32-34-36-38-42-48-46-49-43-40-41-45-51(49)47(3)50(48)44-39-37-35-33-31-29-27-25-23-21-19-17-15-13-11-9-7-5-2/h40-41,43,45-46H,4-39,42,44H2,1-3H3. The van der Waals surface area contributed by atoms with Gasteiger partial charge in [-0.3, -0.25) is 0 Å². The molecule has 0 aliphatic heterocycles. The van der Waals surface area contributed by atoms with Gasteiger partial charge in [0.15, 0.2) is 0 Å². The lowest BCUT2D eigenvalue weighted by molar-refractivity contribution is 0.524. The van der Waals surface area contributed by atoms with Gasteiger partial charge in [0.1, 0.15) is 0 Å². The van der Waals surface area contributed by atoms with Crippen LogP contribution in [0.2, 0.25) is 0 Å². The number of rotatable bonds is 38. The Kier molecular flexibility index (Phi) is 31.0. The van der Waals surface area contributed by atoms with Gasteiger partial charge in [-0.25, -0.2) is 0 Å². The first kappa shape index (κ1) is 45.9. The van der Waals surface area contributed by atoms with E-state index in [2.05, 4.69) is 51.1 Å². The van der Waals surface area contributed by atoms with E-state index in [0.29, 0.717) is 0 Å². The second-order valence-electron chi connectivity index (χ2n) is 16.9. The molecule has 0 nitrogen and oxygen atoms in total. The van der Waals surface area contributed by atoms with Crippen molar-refractivity contribution in [2.75, 3.05) is 0 Å². The highest BCUT2D eigenvalue weighted by Gasteiger charge is 2.10. The van der Waals surface area contributed by atoms with E-state index in [1.54, 1.807) is 16.7 Å². The van der Waals surface area contributed by atoms with Gasteiger partial charge in [-0.2, -0.15) is 0 Å². The highest BCUT2D eigenvalue weighted by molar-refractivity contribution is 5.87. The zero-order valence-corrected chi connectivity index (χ0v) is 35.3. The molecule has 0 radical (unpaired) electrons. The molecule has 0 saturated heterocycles. The van der Waals surface area contributed by atoms with Gasteiger partial charge in [0, 0.05) is 0 Å². The summed E-state index contributed by atoms with van der Waals surface area (Å²) in [5, 5.41) is 2.94. The topological polar surface area (TPSA) is 0 Å². The van der Waals surface area contributed by atoms with Gasteiger partial charge in [-0.1, -0.05) is 262 Å². The van der Waals surface area contributed by atoms with E-state index < -0.39 is 0 Å². The molecule has 0 spiro atoms. The third kappa shape index (κ3) is 24.6. The fourth-order valence-corrected chi connectivity index (χ4v) is 8.63. The van der Waals surface area contributed by atoms with Crippen molar-refractivity contribution in [2.24, 2.45) is 0 Å². The first-order valence-electron chi connectivity index (χ1n) is 23.8. The Hall–Kier alpha value is -1.30. The lowest BCUT2D eigenvalue weighted by Crippen LogP contribution is -2.00. The molecule has 0 unspecified atom stereocenters. The molecule has 0 atom stereocenters. The molecule has 2 aromatic rings. The molecule has 2 aromatic carbocycles. The zero-order chi connectivity index (χ0) is 36.3. The number of unbranched alkanes of at least 4 members (excludes halogenated alkanes) is 34. The summed E-state index contributed by atoms with van der Waals surface area (Å²) in [6.45, 7) is 7.03. The molecular formula is C51H90. The van der Waals surface area contributed by atoms with Crippen LogP contribution in [0.25, 0.3) is 10.8 Å². The van der Waals surface area contributed by atoms with E-state index in [4.69, 9.17) is 0 Å². The Morgan fingerprint density at radius 2 is 0.627 bits per heavy atom. The second kappa shape index (κ2) is 34.5. The Morgan fingerprint density at radius 1 is 0.333 bits per heavy atom. The van der Waals surface area contributed by atoms with Crippen LogP contribution in [0.4, 0.5) is 0 Å². The second-order valence-corrected chi connectivity index (χ2v) is 16.9. The molecule has 0 bridgehead atoms. The largest absolute Gasteiger partial charge is 0.0654 e. The van der Waals surface area contributed by atoms with Crippen LogP contribution in [0.3, 0.4) is 0 Å². The average molecular weight is 703 g/mol. The summed E-state index contributed by atoms with van der Waals surface area (Å²) < 4.78 is 0. The fourth-order valence-electron chi connectivity index (χ4n) is 8.63. The molecule has 0 aromatic heterocycles. The van der Waals surface area contributed by atoms with Crippen LogP contribution < -0.4 is 0 Å². The van der Waals surface area contributed by atoms with E-state index in [0.717, 1.165) is 0 Å². The Bertz CT molecular complexity index is 1020. The number of benzene rings is 2. The maximum atomic E-state index is 2.56. The van der Waals surface area contributed by atoms with Crippen molar-refractivity contribution in [2.45, 2.75) is 265 Å². The number of aryl methyl sites for hydroxylation is 2. The molecule has 0 saturated carbocycles. The van der Waals surface area contributed by atoms with Crippen molar-refractivity contribution in [3.05, 3.63) is 47.0 Å². The van der Waals surface area contributed by atoms with Crippen molar-refractivity contribution >= 4 is 10.8 Å². The van der Waals surface area contributed by atoms with Crippen LogP contribution in [0.5, 0.6) is 0 Å². The number of fused-ring (bicyclic) bond motifs is 1. The van der Waals surface area contributed by atoms with E-state index in [9.17, 15) is 0 Å². The first-order valence-corrected chi connectivity index (χ1v) is 23.8. The van der Waals surface area contributed by atoms with E-state index in [1.807, 2.05) is 0 Å². The smallest absolute Gasteiger partial charge is 0.0152 e. The Balaban J connectivity index is 1.49. The molecule has 0 heteroatoms. The van der Waals surface area contributed by atoms with Gasteiger partial charge in [-0.05, 0) is 60.1 Å². The van der Waals surface area contributed by atoms with Gasteiger partial charge in [0.05, 0.1) is 0 Å². The summed E-state index contributed by atoms with van der Waals surface area (Å²) in [7, 11) is 0. The van der Waals surface area contributed by atoms with Crippen LogP contribution in [-0.2, 0) is 12.8 Å². The van der Waals surface area contributed by atoms with Crippen LogP contribution >= 0.6 is 0 Å². The Labute approximate surface area is 321 Å². The molecule has 0 aliphatic rings. The van der Waals surface area contributed by atoms with Gasteiger partial charge in [0.25, 0.3) is 0 Å². The molecule has 2 rings (SSSR count). The minimum atomic E-state index is 1.28. The van der Waals surface area contributed by atoms with Crippen molar-refractivity contribution in [3.8, 4) is 0 Å². The van der Waals surface area contributed by atoms with Crippen molar-refractivity contribution in [1.29, 1.82) is 0 Å². The lowest BCUT2D eigenvalue weighted by Gasteiger charge is -2.16. The quantitative estimate of drug-likeness (QED) is 0.0611. The third-order valence-electron chi connectivity index (χ3n) is 12.1. The van der Waals surface area contributed by atoms with E-state index in [1.165, 1.54) is 255 Å². The molecule has 0 aliphatic carbocycles. The van der Waals surface area contributed by atoms with Gasteiger partial charge < -0.3 is 0 Å². The van der Waals surface area contributed by atoms with Gasteiger partial charge in [-0.15, -0.1) is 0 Å². The minimum Gasteiger partial charge on any atom is -0.0654 e. The summed E-state index contributed by atoms with van der Waals surface area (Å²) >= 11 is 0. The van der Waals surface area contributed by atoms with Crippen LogP contribution in [0.1, 0.15) is 262 Å². The summed E-state index contributed by atoms with van der Waals surface area (Å²) in [6, 6.07) is 11.7. The van der Waals surface area contributed by atoms with Gasteiger partial charge >= 0.3 is 0 Å². The average Bonchev–Trinajstić information content (AvgIpc) is 3.14. The fraction of sp³-hybridized carbons (Fsp3) is 0.804. The highest BCUT2D eigenvalue weighted by Crippen LogP contribution is 2.29. The van der Waals surface area contributed by atoms with E-state index >= 15 is 0 Å². The van der Waals surface area contributed by atoms with Crippen LogP contribution in [0, 0.1) is 6.92 Å². The van der Waals surface area contributed by atoms with Gasteiger partial charge in [0.2, 0.25) is 0 Å². The maximum Gasteiger partial charge on any atom is -0.0152 e. The molecule has 0 fully saturated rings. The maximum absolute atomic E-state index is 2.56. The normalized spacial score (nSPS) is 11.7. The molecule has 294 valence electrons. The van der Waals surface area contributed by atoms with Crippen LogP contribution in [-0.4, -0.2) is 0 Å².